The molecule has 0 radical (unpaired) electrons. The van der Waals surface area contributed by atoms with Crippen molar-refractivity contribution in [2.75, 3.05) is 22.5 Å². The lowest BCUT2D eigenvalue weighted by molar-refractivity contribution is -0.115. The Balaban J connectivity index is 2.01. The minimum absolute atomic E-state index is 0.0473. The molecule has 21 heavy (non-hydrogen) atoms. The number of fused-ring (bicyclic) bond motifs is 1. The highest BCUT2D eigenvalue weighted by Gasteiger charge is 2.29. The monoisotopic (exact) mass is 285 g/mol. The van der Waals surface area contributed by atoms with Gasteiger partial charge in [-0.05, 0) is 19.1 Å². The second kappa shape index (κ2) is 4.93. The molecule has 0 saturated carbocycles. The third-order valence-electron chi connectivity index (χ3n) is 3.33. The summed E-state index contributed by atoms with van der Waals surface area (Å²) in [5.41, 5.74) is 7.58. The number of aromatic nitrogens is 2. The summed E-state index contributed by atoms with van der Waals surface area (Å²) >= 11 is 0. The molecule has 0 spiro atoms. The number of para-hydroxylation sites is 2. The van der Waals surface area contributed by atoms with Crippen LogP contribution in [0.1, 0.15) is 17.4 Å². The molecule has 1 aromatic carbocycles. The maximum atomic E-state index is 12.6. The zero-order valence-corrected chi connectivity index (χ0v) is 11.5. The lowest BCUT2D eigenvalue weighted by atomic mass is 10.1. The van der Waals surface area contributed by atoms with Gasteiger partial charge in [-0.15, -0.1) is 0 Å². The molecule has 2 amide bonds. The Kier molecular flexibility index (Phi) is 3.09. The van der Waals surface area contributed by atoms with Crippen molar-refractivity contribution in [3.8, 4) is 0 Å². The number of rotatable bonds is 2. The van der Waals surface area contributed by atoms with Crippen molar-refractivity contribution in [1.29, 1.82) is 0 Å². The summed E-state index contributed by atoms with van der Waals surface area (Å²) in [7, 11) is 0. The first kappa shape index (κ1) is 13.2. The number of hydrogen-bond acceptors (Lipinski definition) is 4. The molecule has 0 bridgehead atoms. The number of nitrogens with zero attached hydrogens (tertiary/aromatic N) is 3. The average molecular weight is 285 g/mol. The van der Waals surface area contributed by atoms with E-state index in [1.54, 1.807) is 29.1 Å². The number of nitrogens with one attached hydrogen (secondary N) is 1. The summed E-state index contributed by atoms with van der Waals surface area (Å²) in [4.78, 5) is 25.8. The van der Waals surface area contributed by atoms with Crippen LogP contribution in [0.25, 0.3) is 0 Å². The number of nitrogens with two attached hydrogens (primary N) is 1. The molecule has 7 heteroatoms. The first-order valence-corrected chi connectivity index (χ1v) is 6.64. The normalized spacial score (nSPS) is 13.8. The van der Waals surface area contributed by atoms with Crippen molar-refractivity contribution in [2.45, 2.75) is 13.5 Å². The first-order chi connectivity index (χ1) is 10.1. The van der Waals surface area contributed by atoms with Gasteiger partial charge in [0.2, 0.25) is 5.91 Å². The molecule has 108 valence electrons. The van der Waals surface area contributed by atoms with Gasteiger partial charge in [-0.25, -0.2) is 0 Å². The van der Waals surface area contributed by atoms with Gasteiger partial charge in [-0.3, -0.25) is 19.2 Å². The van der Waals surface area contributed by atoms with E-state index in [9.17, 15) is 9.59 Å². The predicted octanol–water partition coefficient (Wildman–Crippen LogP) is 1.08. The summed E-state index contributed by atoms with van der Waals surface area (Å²) in [5, 5.41) is 6.91. The second-order valence-corrected chi connectivity index (χ2v) is 4.75. The van der Waals surface area contributed by atoms with Gasteiger partial charge in [-0.2, -0.15) is 5.10 Å². The molecule has 1 aromatic heterocycles. The summed E-state index contributed by atoms with van der Waals surface area (Å²) < 4.78 is 1.60. The van der Waals surface area contributed by atoms with E-state index in [-0.39, 0.29) is 24.1 Å². The maximum Gasteiger partial charge on any atom is 0.281 e. The number of aryl methyl sites for hydroxylation is 1. The molecule has 1 aliphatic rings. The molecular weight excluding hydrogens is 270 g/mol. The average Bonchev–Trinajstić information content (AvgIpc) is 2.86. The largest absolute Gasteiger partial charge is 0.396 e. The SMILES string of the molecule is CCn1cc(N)c(C(=O)N2CC(=O)Nc3ccccc32)n1. The van der Waals surface area contributed by atoms with E-state index in [1.807, 2.05) is 13.0 Å². The Morgan fingerprint density at radius 2 is 2.19 bits per heavy atom. The van der Waals surface area contributed by atoms with Crippen molar-refractivity contribution < 1.29 is 9.59 Å². The van der Waals surface area contributed by atoms with Crippen molar-refractivity contribution in [3.63, 3.8) is 0 Å². The lowest BCUT2D eigenvalue weighted by Crippen LogP contribution is -2.42. The Bertz CT molecular complexity index is 722. The second-order valence-electron chi connectivity index (χ2n) is 4.75. The maximum absolute atomic E-state index is 12.6. The Morgan fingerprint density at radius 1 is 1.43 bits per heavy atom. The molecule has 0 fully saturated rings. The quantitative estimate of drug-likeness (QED) is 0.863. The summed E-state index contributed by atoms with van der Waals surface area (Å²) in [6.45, 7) is 2.48. The van der Waals surface area contributed by atoms with E-state index >= 15 is 0 Å². The Hall–Kier alpha value is -2.83. The topological polar surface area (TPSA) is 93.2 Å². The Labute approximate surface area is 121 Å². The van der Waals surface area contributed by atoms with Crippen LogP contribution < -0.4 is 16.0 Å². The predicted molar refractivity (Wildman–Crippen MR) is 79.1 cm³/mol. The van der Waals surface area contributed by atoms with Gasteiger partial charge in [0, 0.05) is 12.7 Å². The smallest absolute Gasteiger partial charge is 0.281 e. The van der Waals surface area contributed by atoms with E-state index in [0.717, 1.165) is 0 Å². The molecule has 0 saturated heterocycles. The highest BCUT2D eigenvalue weighted by atomic mass is 16.2. The van der Waals surface area contributed by atoms with Crippen molar-refractivity contribution in [3.05, 3.63) is 36.2 Å². The molecule has 2 aromatic rings. The van der Waals surface area contributed by atoms with Gasteiger partial charge in [0.1, 0.15) is 6.54 Å². The molecule has 3 rings (SSSR count). The lowest BCUT2D eigenvalue weighted by Gasteiger charge is -2.28. The van der Waals surface area contributed by atoms with Crippen LogP contribution in [0.4, 0.5) is 17.1 Å². The van der Waals surface area contributed by atoms with Gasteiger partial charge < -0.3 is 11.1 Å². The Morgan fingerprint density at radius 3 is 2.90 bits per heavy atom. The van der Waals surface area contributed by atoms with Crippen molar-refractivity contribution in [1.82, 2.24) is 9.78 Å². The molecule has 0 unspecified atom stereocenters. The van der Waals surface area contributed by atoms with Gasteiger partial charge in [0.25, 0.3) is 5.91 Å². The molecule has 2 heterocycles. The van der Waals surface area contributed by atoms with Crippen LogP contribution in [0.3, 0.4) is 0 Å². The first-order valence-electron chi connectivity index (χ1n) is 6.64. The van der Waals surface area contributed by atoms with E-state index in [4.69, 9.17) is 5.73 Å². The minimum atomic E-state index is -0.373. The fourth-order valence-electron chi connectivity index (χ4n) is 2.31. The highest BCUT2D eigenvalue weighted by molar-refractivity contribution is 6.15. The highest BCUT2D eigenvalue weighted by Crippen LogP contribution is 2.30. The third-order valence-corrected chi connectivity index (χ3v) is 3.33. The molecule has 0 aliphatic carbocycles. The van der Waals surface area contributed by atoms with E-state index < -0.39 is 0 Å². The number of amides is 2. The molecule has 7 nitrogen and oxygen atoms in total. The van der Waals surface area contributed by atoms with Crippen LogP contribution in [-0.4, -0.2) is 28.1 Å². The number of anilines is 3. The fourth-order valence-corrected chi connectivity index (χ4v) is 2.31. The minimum Gasteiger partial charge on any atom is -0.396 e. The standard InChI is InChI=1S/C14H15N5O2/c1-2-18-7-9(15)13(17-18)14(21)19-8-12(20)16-10-5-3-4-6-11(10)19/h3-7H,2,8,15H2,1H3,(H,16,20). The molecule has 1 aliphatic heterocycles. The van der Waals surface area contributed by atoms with E-state index in [0.29, 0.717) is 23.6 Å². The zero-order valence-electron chi connectivity index (χ0n) is 11.5. The number of carbonyl (C=O) groups is 2. The van der Waals surface area contributed by atoms with Crippen LogP contribution in [0.15, 0.2) is 30.5 Å². The van der Waals surface area contributed by atoms with Gasteiger partial charge in [0.15, 0.2) is 5.69 Å². The number of nitrogen functional groups attached to an aromatic ring is 1. The van der Waals surface area contributed by atoms with Crippen LogP contribution in [0, 0.1) is 0 Å². The molecule has 3 N–H and O–H groups in total. The van der Waals surface area contributed by atoms with E-state index in [2.05, 4.69) is 10.4 Å². The third kappa shape index (κ3) is 2.22. The molecule has 0 atom stereocenters. The van der Waals surface area contributed by atoms with Crippen LogP contribution >= 0.6 is 0 Å². The fraction of sp³-hybridized carbons (Fsp3) is 0.214. The van der Waals surface area contributed by atoms with Crippen LogP contribution in [-0.2, 0) is 11.3 Å². The zero-order chi connectivity index (χ0) is 15.0. The number of carbonyl (C=O) groups excluding carboxylic acids is 2. The van der Waals surface area contributed by atoms with Crippen molar-refractivity contribution >= 4 is 28.9 Å². The van der Waals surface area contributed by atoms with Crippen molar-refractivity contribution in [2.24, 2.45) is 0 Å². The summed E-state index contributed by atoms with van der Waals surface area (Å²) in [5.74, 6) is -0.613. The van der Waals surface area contributed by atoms with Gasteiger partial charge in [0.05, 0.1) is 17.1 Å². The van der Waals surface area contributed by atoms with Gasteiger partial charge >= 0.3 is 0 Å². The van der Waals surface area contributed by atoms with Crippen LogP contribution in [0.2, 0.25) is 0 Å². The summed E-state index contributed by atoms with van der Waals surface area (Å²) in [6.07, 6.45) is 1.61. The van der Waals surface area contributed by atoms with Gasteiger partial charge in [-0.1, -0.05) is 12.1 Å². The van der Waals surface area contributed by atoms with E-state index in [1.165, 1.54) is 4.90 Å². The molecular formula is C14H15N5O2. The number of benzene rings is 1. The number of hydrogen-bond donors (Lipinski definition) is 2. The van der Waals surface area contributed by atoms with Crippen LogP contribution in [0.5, 0.6) is 0 Å². The summed E-state index contributed by atoms with van der Waals surface area (Å²) in [6, 6.07) is 7.14.